The molecule has 3 saturated heterocycles. The number of ether oxygens (including phenoxy) is 6. The number of cyclic esters (lactones) is 1. The summed E-state index contributed by atoms with van der Waals surface area (Å²) in [5, 5.41) is 51.2. The largest absolute Gasteiger partial charge is 0.459 e. The summed E-state index contributed by atoms with van der Waals surface area (Å²) in [5.41, 5.74) is -3.62. The van der Waals surface area contributed by atoms with Crippen LogP contribution >= 0.6 is 23.2 Å². The molecule has 3 fully saturated rings. The smallest absolute Gasteiger partial charge is 0.311 e. The summed E-state index contributed by atoms with van der Waals surface area (Å²) in [6.45, 7) is 19.3. The quantitative estimate of drug-likeness (QED) is 0.106. The first-order valence-corrected chi connectivity index (χ1v) is 28.4. The second kappa shape index (κ2) is 25.8. The Balaban J connectivity index is 1.65. The molecule has 3 aliphatic rings. The van der Waals surface area contributed by atoms with Crippen LogP contribution in [0.25, 0.3) is 0 Å². The number of nitrogens with one attached hydrogen (secondary N) is 1. The number of esters is 1. The molecule has 3 heterocycles. The van der Waals surface area contributed by atoms with E-state index in [1.54, 1.807) is 65.8 Å². The molecule has 0 aliphatic carbocycles. The predicted molar refractivity (Wildman–Crippen MR) is 276 cm³/mol. The number of alkyl halides is 3. The lowest BCUT2D eigenvalue weighted by Gasteiger charge is -2.49. The van der Waals surface area contributed by atoms with Gasteiger partial charge in [0, 0.05) is 63.2 Å². The molecule has 3 aliphatic heterocycles. The van der Waals surface area contributed by atoms with E-state index >= 15 is 0 Å². The molecule has 5 N–H and O–H groups in total. The molecule has 1 aromatic rings. The molecule has 0 bridgehead atoms. The Morgan fingerprint density at radius 2 is 1.64 bits per heavy atom. The number of benzene rings is 1. The van der Waals surface area contributed by atoms with Crippen molar-refractivity contribution < 1.29 is 71.2 Å². The highest BCUT2D eigenvalue weighted by Crippen LogP contribution is 2.42. The Hall–Kier alpha value is -1.82. The first-order valence-electron chi connectivity index (χ1n) is 25.8. The highest BCUT2D eigenvalue weighted by atomic mass is 35.5. The number of hydrogen-bond donors (Lipinski definition) is 5. The minimum atomic E-state index is -3.44. The standard InChI is InChI=1S/C52H88Cl2FN3O14S/c1-16-40-51(11,64)44(60)34(7)58(13)28-29(2)25-49(9,63)45(31(4)43(32(5)46(61)70-40)71-41-26-50(10,67-14)33(6)35(8)69-41)72-47-42(59)39(23-30(3)68-47)57(12)22-21-52(53,54)48(62)56-37(27-55)24-36-17-19-38(20-18-36)73(15,65)66/h17-20,29-35,37,39-45,47,59-60,63-64H,16,21-28H2,1-15H3,(H,56,62)/t29-,30-,31+,32-,33+,34-,35+,37+,39+,40-,41+,42-,43+,44-,45-,47+,49-,50-,51-/m1/s1. The number of likely N-dealkylation sites (N-methyl/N-ethyl adjacent to an activating group) is 2. The van der Waals surface area contributed by atoms with Crippen LogP contribution in [-0.2, 0) is 54.3 Å². The zero-order valence-electron chi connectivity index (χ0n) is 45.7. The molecular formula is C52H88Cl2FN3O14S. The van der Waals surface area contributed by atoms with Crippen molar-refractivity contribution in [1.29, 1.82) is 0 Å². The fourth-order valence-corrected chi connectivity index (χ4v) is 11.9. The van der Waals surface area contributed by atoms with Gasteiger partial charge in [-0.25, -0.2) is 12.8 Å². The van der Waals surface area contributed by atoms with E-state index in [1.165, 1.54) is 19.1 Å². The van der Waals surface area contributed by atoms with Gasteiger partial charge in [-0.15, -0.1) is 0 Å². The number of nitrogens with zero attached hydrogens (tertiary/aromatic N) is 2. The van der Waals surface area contributed by atoms with E-state index in [1.807, 2.05) is 46.6 Å². The third kappa shape index (κ3) is 15.9. The lowest BCUT2D eigenvalue weighted by atomic mass is 9.77. The van der Waals surface area contributed by atoms with Crippen LogP contribution in [0.15, 0.2) is 29.2 Å². The second-order valence-corrected chi connectivity index (χ2v) is 25.9. The molecule has 19 atom stereocenters. The maximum Gasteiger partial charge on any atom is 0.311 e. The van der Waals surface area contributed by atoms with Crippen molar-refractivity contribution in [3.63, 3.8) is 0 Å². The first kappa shape index (κ1) is 63.7. The van der Waals surface area contributed by atoms with Gasteiger partial charge in [0.05, 0.1) is 52.5 Å². The van der Waals surface area contributed by atoms with Gasteiger partial charge in [0.2, 0.25) is 0 Å². The van der Waals surface area contributed by atoms with Gasteiger partial charge in [0.25, 0.3) is 5.91 Å². The molecule has 21 heteroatoms. The predicted octanol–water partition coefficient (Wildman–Crippen LogP) is 5.21. The zero-order chi connectivity index (χ0) is 55.3. The summed E-state index contributed by atoms with van der Waals surface area (Å²) >= 11 is 13.3. The Kier molecular flexibility index (Phi) is 22.5. The van der Waals surface area contributed by atoms with E-state index in [4.69, 9.17) is 51.6 Å². The monoisotopic (exact) mass is 1100 g/mol. The molecule has 0 spiro atoms. The summed E-state index contributed by atoms with van der Waals surface area (Å²) < 4.78 is 74.7. The molecule has 0 radical (unpaired) electrons. The van der Waals surface area contributed by atoms with Crippen molar-refractivity contribution >= 4 is 44.9 Å². The van der Waals surface area contributed by atoms with Crippen LogP contribution in [-0.4, -0.2) is 192 Å². The normalized spacial score (nSPS) is 39.5. The molecule has 0 saturated carbocycles. The van der Waals surface area contributed by atoms with Crippen molar-refractivity contribution in [2.45, 2.75) is 214 Å². The molecule has 1 aromatic carbocycles. The maximum absolute atomic E-state index is 14.5. The minimum Gasteiger partial charge on any atom is -0.459 e. The van der Waals surface area contributed by atoms with Crippen molar-refractivity contribution in [1.82, 2.24) is 15.1 Å². The zero-order valence-corrected chi connectivity index (χ0v) is 48.0. The van der Waals surface area contributed by atoms with Crippen molar-refractivity contribution in [3.8, 4) is 0 Å². The molecule has 0 unspecified atom stereocenters. The van der Waals surface area contributed by atoms with Crippen molar-refractivity contribution in [2.24, 2.45) is 23.7 Å². The van der Waals surface area contributed by atoms with Crippen molar-refractivity contribution in [2.75, 3.05) is 47.2 Å². The number of hydrogen-bond acceptors (Lipinski definition) is 16. The average Bonchev–Trinajstić information content (AvgIpc) is 3.31. The minimum absolute atomic E-state index is 0.0239. The molecule has 422 valence electrons. The van der Waals surface area contributed by atoms with Gasteiger partial charge in [0.1, 0.15) is 30.6 Å². The lowest BCUT2D eigenvalue weighted by Crippen LogP contribution is -2.60. The number of sulfone groups is 1. The molecule has 17 nitrogen and oxygen atoms in total. The van der Waals surface area contributed by atoms with E-state index in [9.17, 15) is 42.8 Å². The lowest BCUT2D eigenvalue weighted by molar-refractivity contribution is -0.314. The van der Waals surface area contributed by atoms with Crippen LogP contribution in [0.4, 0.5) is 4.39 Å². The Morgan fingerprint density at radius 1 is 1.03 bits per heavy atom. The fourth-order valence-electron chi connectivity index (χ4n) is 11.0. The van der Waals surface area contributed by atoms with Gasteiger partial charge in [-0.05, 0) is 112 Å². The van der Waals surface area contributed by atoms with Crippen LogP contribution in [0.1, 0.15) is 114 Å². The fraction of sp³-hybridized carbons (Fsp3) is 0.846. The van der Waals surface area contributed by atoms with Gasteiger partial charge in [-0.2, -0.15) is 0 Å². The number of amides is 1. The summed E-state index contributed by atoms with van der Waals surface area (Å²) in [5.74, 6) is -3.73. The number of rotatable bonds is 16. The van der Waals surface area contributed by atoms with Crippen LogP contribution in [0, 0.1) is 23.7 Å². The summed E-state index contributed by atoms with van der Waals surface area (Å²) in [6, 6.07) is 3.67. The molecule has 4 rings (SSSR count). The van der Waals surface area contributed by atoms with Gasteiger partial charge in [-0.1, -0.05) is 63.0 Å². The first-order chi connectivity index (χ1) is 33.6. The number of aliphatic hydroxyl groups is 4. The molecular weight excluding hydrogens is 1010 g/mol. The van der Waals surface area contributed by atoms with Gasteiger partial charge in [0.15, 0.2) is 26.8 Å². The van der Waals surface area contributed by atoms with Crippen LogP contribution in [0.5, 0.6) is 0 Å². The van der Waals surface area contributed by atoms with E-state index in [2.05, 4.69) is 5.32 Å². The maximum atomic E-state index is 14.5. The number of aliphatic hydroxyl groups excluding tert-OH is 2. The van der Waals surface area contributed by atoms with E-state index in [0.717, 1.165) is 6.26 Å². The number of methoxy groups -OCH3 is 1. The third-order valence-electron chi connectivity index (χ3n) is 16.2. The topological polar surface area (TPSA) is 223 Å². The van der Waals surface area contributed by atoms with Gasteiger partial charge in [-0.3, -0.25) is 9.59 Å². The summed E-state index contributed by atoms with van der Waals surface area (Å²) in [6.07, 6.45) is -7.15. The SMILES string of the molecule is CC[C@H]1OC(=O)[C@H](C)[C@@H](O[C@H]2C[C@@](C)(OC)[C@@H](C)[C@H](C)O2)[C@H](C)[C@@H](O[C@@H]2O[C@H](C)C[C@H](N(C)CCC(Cl)(Cl)C(=O)N[C@H](CF)Cc3ccc(S(C)(=O)=O)cc3)[C@H]2O)[C@](C)(O)C[C@@H](C)CN(C)[C@H](C)[C@@H](O)[C@]1(C)O. The summed E-state index contributed by atoms with van der Waals surface area (Å²) in [4.78, 5) is 31.7. The van der Waals surface area contributed by atoms with Crippen LogP contribution in [0.3, 0.4) is 0 Å². The van der Waals surface area contributed by atoms with Crippen LogP contribution < -0.4 is 5.32 Å². The Morgan fingerprint density at radius 3 is 2.21 bits per heavy atom. The van der Waals surface area contributed by atoms with E-state index < -0.39 is 129 Å². The number of halogens is 3. The van der Waals surface area contributed by atoms with Gasteiger partial charge >= 0.3 is 5.97 Å². The number of carbonyl (C=O) groups is 2. The molecule has 1 amide bonds. The number of carbonyl (C=O) groups excluding carboxylic acids is 2. The molecule has 0 aromatic heterocycles. The molecule has 73 heavy (non-hydrogen) atoms. The van der Waals surface area contributed by atoms with Crippen LogP contribution in [0.2, 0.25) is 0 Å². The third-order valence-corrected chi connectivity index (χ3v) is 18.0. The average molecular weight is 1100 g/mol. The highest BCUT2D eigenvalue weighted by Gasteiger charge is 2.53. The van der Waals surface area contributed by atoms with E-state index in [0.29, 0.717) is 24.9 Å². The second-order valence-electron chi connectivity index (χ2n) is 22.4. The van der Waals surface area contributed by atoms with E-state index in [-0.39, 0.29) is 55.1 Å². The summed E-state index contributed by atoms with van der Waals surface area (Å²) in [7, 11) is 1.73. The Labute approximate surface area is 444 Å². The Bertz CT molecular complexity index is 2060. The van der Waals surface area contributed by atoms with Gasteiger partial charge < -0.3 is 64.0 Å². The highest BCUT2D eigenvalue weighted by molar-refractivity contribution is 7.90. The van der Waals surface area contributed by atoms with Crippen molar-refractivity contribution in [3.05, 3.63) is 29.8 Å².